The Balaban J connectivity index is 1.81. The number of aromatic hydroxyl groups is 1. The molecular weight excluding hydrogens is 312 g/mol. The molecule has 1 heterocycles. The minimum Gasteiger partial charge on any atom is -0.507 e. The summed E-state index contributed by atoms with van der Waals surface area (Å²) in [6.45, 7) is 1.96. The zero-order chi connectivity index (χ0) is 17.6. The summed E-state index contributed by atoms with van der Waals surface area (Å²) in [4.78, 5) is 4.37. The third-order valence-electron chi connectivity index (χ3n) is 3.66. The van der Waals surface area contributed by atoms with E-state index in [1.807, 2.05) is 43.3 Å². The zero-order valence-corrected chi connectivity index (χ0v) is 13.7. The molecule has 4 nitrogen and oxygen atoms in total. The Kier molecular flexibility index (Phi) is 4.77. The van der Waals surface area contributed by atoms with Gasteiger partial charge in [0, 0.05) is 11.8 Å². The molecule has 0 unspecified atom stereocenters. The van der Waals surface area contributed by atoms with E-state index in [0.717, 1.165) is 16.8 Å². The lowest BCUT2D eigenvalue weighted by atomic mass is 10.1. The molecule has 4 heteroatoms. The van der Waals surface area contributed by atoms with Gasteiger partial charge in [-0.2, -0.15) is 5.26 Å². The standard InChI is InChI=1S/C21H16N2O2/c1-15-4-9-21(24)18(11-15)14-23-19-7-5-16(6-8-19)17(13-22)12-20-3-2-10-25-20/h2-12,14,24H,1H3/b17-12+,23-14?. The van der Waals surface area contributed by atoms with E-state index in [1.165, 1.54) is 0 Å². The molecule has 0 bridgehead atoms. The van der Waals surface area contributed by atoms with Gasteiger partial charge >= 0.3 is 0 Å². The van der Waals surface area contributed by atoms with Gasteiger partial charge in [0.05, 0.1) is 23.6 Å². The second kappa shape index (κ2) is 7.33. The molecule has 0 spiro atoms. The first kappa shape index (κ1) is 16.3. The van der Waals surface area contributed by atoms with Crippen molar-refractivity contribution in [3.05, 3.63) is 83.3 Å². The predicted octanol–water partition coefficient (Wildman–Crippen LogP) is 5.11. The Morgan fingerprint density at radius 1 is 1.16 bits per heavy atom. The average Bonchev–Trinajstić information content (AvgIpc) is 3.14. The van der Waals surface area contributed by atoms with Crippen molar-refractivity contribution in [2.75, 3.05) is 0 Å². The van der Waals surface area contributed by atoms with E-state index in [1.54, 1.807) is 36.8 Å². The van der Waals surface area contributed by atoms with Crippen LogP contribution >= 0.6 is 0 Å². The summed E-state index contributed by atoms with van der Waals surface area (Å²) >= 11 is 0. The number of nitrogens with zero attached hydrogens (tertiary/aromatic N) is 2. The summed E-state index contributed by atoms with van der Waals surface area (Å²) < 4.78 is 5.24. The van der Waals surface area contributed by atoms with E-state index >= 15 is 0 Å². The number of phenolic OH excluding ortho intramolecular Hbond substituents is 1. The van der Waals surface area contributed by atoms with Crippen LogP contribution in [0.1, 0.15) is 22.5 Å². The number of phenols is 1. The number of benzene rings is 2. The van der Waals surface area contributed by atoms with Crippen molar-refractivity contribution >= 4 is 23.6 Å². The minimum absolute atomic E-state index is 0.194. The van der Waals surface area contributed by atoms with E-state index in [9.17, 15) is 10.4 Å². The summed E-state index contributed by atoms with van der Waals surface area (Å²) in [5.74, 6) is 0.827. The van der Waals surface area contributed by atoms with Gasteiger partial charge in [-0.05, 0) is 55.0 Å². The molecule has 122 valence electrons. The van der Waals surface area contributed by atoms with Crippen molar-refractivity contribution in [1.82, 2.24) is 0 Å². The molecule has 3 rings (SSSR count). The third kappa shape index (κ3) is 4.04. The van der Waals surface area contributed by atoms with Gasteiger partial charge in [-0.25, -0.2) is 0 Å². The molecule has 0 saturated heterocycles. The molecule has 3 aromatic rings. The number of rotatable bonds is 4. The maximum Gasteiger partial charge on any atom is 0.127 e. The van der Waals surface area contributed by atoms with E-state index < -0.39 is 0 Å². The van der Waals surface area contributed by atoms with Gasteiger partial charge < -0.3 is 9.52 Å². The van der Waals surface area contributed by atoms with Crippen LogP contribution in [0.4, 0.5) is 5.69 Å². The molecule has 0 amide bonds. The molecule has 0 fully saturated rings. The van der Waals surface area contributed by atoms with Crippen molar-refractivity contribution in [3.8, 4) is 11.8 Å². The van der Waals surface area contributed by atoms with E-state index in [2.05, 4.69) is 11.1 Å². The van der Waals surface area contributed by atoms with Gasteiger partial charge in [0.1, 0.15) is 11.5 Å². The fourth-order valence-corrected chi connectivity index (χ4v) is 2.34. The first-order valence-corrected chi connectivity index (χ1v) is 7.75. The van der Waals surface area contributed by atoms with Crippen LogP contribution in [0.2, 0.25) is 0 Å². The summed E-state index contributed by atoms with van der Waals surface area (Å²) in [6, 6.07) is 18.4. The highest BCUT2D eigenvalue weighted by molar-refractivity contribution is 5.89. The normalized spacial score (nSPS) is 11.6. The van der Waals surface area contributed by atoms with E-state index in [4.69, 9.17) is 4.42 Å². The fraction of sp³-hybridized carbons (Fsp3) is 0.0476. The molecular formula is C21H16N2O2. The van der Waals surface area contributed by atoms with Gasteiger partial charge in [0.25, 0.3) is 0 Å². The molecule has 2 aromatic carbocycles. The van der Waals surface area contributed by atoms with Crippen LogP contribution in [0, 0.1) is 18.3 Å². The lowest BCUT2D eigenvalue weighted by Crippen LogP contribution is -1.84. The van der Waals surface area contributed by atoms with Gasteiger partial charge in [0.2, 0.25) is 0 Å². The van der Waals surface area contributed by atoms with Gasteiger partial charge in [-0.3, -0.25) is 4.99 Å². The van der Waals surface area contributed by atoms with Crippen LogP contribution in [0.3, 0.4) is 0 Å². The molecule has 1 N–H and O–H groups in total. The Labute approximate surface area is 146 Å². The van der Waals surface area contributed by atoms with Crippen molar-refractivity contribution in [2.24, 2.45) is 4.99 Å². The zero-order valence-electron chi connectivity index (χ0n) is 13.7. The van der Waals surface area contributed by atoms with Gasteiger partial charge in [-0.1, -0.05) is 23.8 Å². The molecule has 0 aliphatic carbocycles. The van der Waals surface area contributed by atoms with Crippen LogP contribution in [0.5, 0.6) is 5.75 Å². The molecule has 0 atom stereocenters. The SMILES string of the molecule is Cc1ccc(O)c(C=Nc2ccc(/C(C#N)=C/c3ccco3)cc2)c1. The van der Waals surface area contributed by atoms with Crippen LogP contribution in [0.15, 0.2) is 70.3 Å². The maximum absolute atomic E-state index is 9.84. The number of nitriles is 1. The minimum atomic E-state index is 0.194. The second-order valence-corrected chi connectivity index (χ2v) is 5.55. The lowest BCUT2D eigenvalue weighted by molar-refractivity contribution is 0.474. The largest absolute Gasteiger partial charge is 0.507 e. The molecule has 0 saturated carbocycles. The second-order valence-electron chi connectivity index (χ2n) is 5.55. The Morgan fingerprint density at radius 3 is 2.64 bits per heavy atom. The fourth-order valence-electron chi connectivity index (χ4n) is 2.34. The summed E-state index contributed by atoms with van der Waals surface area (Å²) in [5, 5.41) is 19.2. The van der Waals surface area contributed by atoms with Crippen LogP contribution < -0.4 is 0 Å². The number of furan rings is 1. The summed E-state index contributed by atoms with van der Waals surface area (Å²) in [5.41, 5.74) is 3.76. The first-order valence-electron chi connectivity index (χ1n) is 7.75. The number of aryl methyl sites for hydroxylation is 1. The van der Waals surface area contributed by atoms with Gasteiger partial charge in [0.15, 0.2) is 0 Å². The van der Waals surface area contributed by atoms with Crippen LogP contribution in [0.25, 0.3) is 11.6 Å². The van der Waals surface area contributed by atoms with E-state index in [-0.39, 0.29) is 5.75 Å². The van der Waals surface area contributed by atoms with Crippen LogP contribution in [-0.4, -0.2) is 11.3 Å². The van der Waals surface area contributed by atoms with Crippen molar-refractivity contribution in [1.29, 1.82) is 5.26 Å². The van der Waals surface area contributed by atoms with Crippen molar-refractivity contribution in [2.45, 2.75) is 6.92 Å². The Hall–Kier alpha value is -3.58. The maximum atomic E-state index is 9.84. The third-order valence-corrected chi connectivity index (χ3v) is 3.66. The number of hydrogen-bond donors (Lipinski definition) is 1. The number of allylic oxidation sites excluding steroid dienone is 1. The Morgan fingerprint density at radius 2 is 1.96 bits per heavy atom. The van der Waals surface area contributed by atoms with Crippen LogP contribution in [-0.2, 0) is 0 Å². The molecule has 0 aliphatic rings. The highest BCUT2D eigenvalue weighted by Gasteiger charge is 2.03. The Bertz CT molecular complexity index is 960. The molecule has 1 aromatic heterocycles. The molecule has 25 heavy (non-hydrogen) atoms. The van der Waals surface area contributed by atoms with Gasteiger partial charge in [-0.15, -0.1) is 0 Å². The quantitative estimate of drug-likeness (QED) is 0.534. The molecule has 0 radical (unpaired) electrons. The topological polar surface area (TPSA) is 69.5 Å². The molecule has 0 aliphatic heterocycles. The van der Waals surface area contributed by atoms with E-state index in [0.29, 0.717) is 16.9 Å². The number of aliphatic imine (C=N–C) groups is 1. The highest BCUT2D eigenvalue weighted by atomic mass is 16.3. The lowest BCUT2D eigenvalue weighted by Gasteiger charge is -2.01. The van der Waals surface area contributed by atoms with Crippen molar-refractivity contribution < 1.29 is 9.52 Å². The highest BCUT2D eigenvalue weighted by Crippen LogP contribution is 2.22. The smallest absolute Gasteiger partial charge is 0.127 e. The average molecular weight is 328 g/mol. The summed E-state index contributed by atoms with van der Waals surface area (Å²) in [7, 11) is 0. The first-order chi connectivity index (χ1) is 12.2. The van der Waals surface area contributed by atoms with Crippen molar-refractivity contribution in [3.63, 3.8) is 0 Å². The monoisotopic (exact) mass is 328 g/mol. The summed E-state index contributed by atoms with van der Waals surface area (Å²) in [6.07, 6.45) is 4.89. The predicted molar refractivity (Wildman–Crippen MR) is 98.7 cm³/mol. The number of hydrogen-bond acceptors (Lipinski definition) is 4.